The van der Waals surface area contributed by atoms with Gasteiger partial charge >= 0.3 is 0 Å². The summed E-state index contributed by atoms with van der Waals surface area (Å²) in [5.74, 6) is 0.659. The van der Waals surface area contributed by atoms with Gasteiger partial charge in [0.2, 0.25) is 0 Å². The van der Waals surface area contributed by atoms with E-state index in [4.69, 9.17) is 9.84 Å². The van der Waals surface area contributed by atoms with Crippen LogP contribution in [0.15, 0.2) is 16.6 Å². The van der Waals surface area contributed by atoms with E-state index in [2.05, 4.69) is 15.9 Å². The first-order valence-electron chi connectivity index (χ1n) is 5.68. The lowest BCUT2D eigenvalue weighted by Crippen LogP contribution is -2.02. The molecule has 0 bridgehead atoms. The molecule has 17 heavy (non-hydrogen) atoms. The fourth-order valence-corrected chi connectivity index (χ4v) is 2.20. The highest BCUT2D eigenvalue weighted by atomic mass is 79.9. The lowest BCUT2D eigenvalue weighted by Gasteiger charge is -2.11. The average molecular weight is 301 g/mol. The van der Waals surface area contributed by atoms with Crippen molar-refractivity contribution in [3.05, 3.63) is 27.7 Å². The van der Waals surface area contributed by atoms with Crippen molar-refractivity contribution >= 4 is 22.2 Å². The number of hydrogen-bond acceptors (Lipinski definition) is 3. The van der Waals surface area contributed by atoms with E-state index in [0.29, 0.717) is 17.9 Å². The molecule has 0 aliphatic carbocycles. The average Bonchev–Trinajstić information content (AvgIpc) is 2.30. The molecule has 1 N–H and O–H groups in total. The maximum absolute atomic E-state index is 10.9. The summed E-state index contributed by atoms with van der Waals surface area (Å²) >= 11 is 3.35. The van der Waals surface area contributed by atoms with Crippen molar-refractivity contribution in [1.29, 1.82) is 0 Å². The molecule has 1 aromatic rings. The van der Waals surface area contributed by atoms with Crippen LogP contribution in [0.4, 0.5) is 0 Å². The highest BCUT2D eigenvalue weighted by Crippen LogP contribution is 2.27. The highest BCUT2D eigenvalue weighted by molar-refractivity contribution is 9.10. The Labute approximate surface area is 110 Å². The Kier molecular flexibility index (Phi) is 6.22. The number of aryl methyl sites for hydroxylation is 1. The Morgan fingerprint density at radius 1 is 1.35 bits per heavy atom. The van der Waals surface area contributed by atoms with Gasteiger partial charge in [-0.3, -0.25) is 4.79 Å². The molecule has 3 nitrogen and oxygen atoms in total. The largest absolute Gasteiger partial charge is 0.493 e. The number of unbranched alkanes of at least 4 members (excludes halogenated alkanes) is 2. The third-order valence-corrected chi connectivity index (χ3v) is 2.90. The van der Waals surface area contributed by atoms with Crippen LogP contribution in [-0.4, -0.2) is 24.6 Å². The number of carbonyl (C=O) groups is 1. The molecule has 4 heteroatoms. The third kappa shape index (κ3) is 4.48. The minimum atomic E-state index is 0.219. The molecule has 0 fully saturated rings. The predicted octanol–water partition coefficient (Wildman–Crippen LogP) is 3.11. The fraction of sp³-hybridized carbons (Fsp3) is 0.462. The molecule has 0 saturated carbocycles. The van der Waals surface area contributed by atoms with Gasteiger partial charge < -0.3 is 9.84 Å². The molecule has 0 atom stereocenters. The molecule has 0 aromatic heterocycles. The van der Waals surface area contributed by atoms with Crippen molar-refractivity contribution in [1.82, 2.24) is 0 Å². The van der Waals surface area contributed by atoms with Gasteiger partial charge in [0, 0.05) is 11.1 Å². The summed E-state index contributed by atoms with van der Waals surface area (Å²) < 4.78 is 6.51. The van der Waals surface area contributed by atoms with Gasteiger partial charge in [-0.2, -0.15) is 0 Å². The van der Waals surface area contributed by atoms with Crippen LogP contribution in [0.2, 0.25) is 0 Å². The normalized spacial score (nSPS) is 10.3. The summed E-state index contributed by atoms with van der Waals surface area (Å²) in [4.78, 5) is 10.9. The van der Waals surface area contributed by atoms with E-state index < -0.39 is 0 Å². The van der Waals surface area contributed by atoms with E-state index in [-0.39, 0.29) is 6.61 Å². The molecule has 0 spiro atoms. The predicted molar refractivity (Wildman–Crippen MR) is 70.7 cm³/mol. The second kappa shape index (κ2) is 7.45. The van der Waals surface area contributed by atoms with Crippen LogP contribution in [0.3, 0.4) is 0 Å². The maximum Gasteiger partial charge on any atom is 0.153 e. The number of rotatable bonds is 7. The molecule has 0 heterocycles. The smallest absolute Gasteiger partial charge is 0.153 e. The second-order valence-electron chi connectivity index (χ2n) is 3.89. The van der Waals surface area contributed by atoms with Gasteiger partial charge in [0.15, 0.2) is 6.29 Å². The Morgan fingerprint density at radius 2 is 2.12 bits per heavy atom. The van der Waals surface area contributed by atoms with Gasteiger partial charge in [-0.1, -0.05) is 15.9 Å². The van der Waals surface area contributed by atoms with Crippen molar-refractivity contribution in [3.63, 3.8) is 0 Å². The van der Waals surface area contributed by atoms with E-state index >= 15 is 0 Å². The molecule has 1 rings (SSSR count). The summed E-state index contributed by atoms with van der Waals surface area (Å²) in [6.45, 7) is 2.71. The number of aliphatic hydroxyl groups excluding tert-OH is 1. The van der Waals surface area contributed by atoms with E-state index in [1.54, 1.807) is 6.07 Å². The van der Waals surface area contributed by atoms with Crippen LogP contribution in [0.5, 0.6) is 5.75 Å². The lowest BCUT2D eigenvalue weighted by atomic mass is 10.1. The standard InChI is InChI=1S/C13H17BrO3/c1-10-7-12(14)8-11(9-16)13(10)17-6-4-2-3-5-15/h7-9,15H,2-6H2,1H3. The number of benzene rings is 1. The van der Waals surface area contributed by atoms with Crippen molar-refractivity contribution in [2.75, 3.05) is 13.2 Å². The van der Waals surface area contributed by atoms with E-state index in [1.165, 1.54) is 0 Å². The summed E-state index contributed by atoms with van der Waals surface area (Å²) in [5.41, 5.74) is 1.52. The number of aldehydes is 1. The Hall–Kier alpha value is -0.870. The minimum Gasteiger partial charge on any atom is -0.493 e. The summed E-state index contributed by atoms with van der Waals surface area (Å²) in [6, 6.07) is 3.68. The maximum atomic E-state index is 10.9. The molecule has 0 radical (unpaired) electrons. The van der Waals surface area contributed by atoms with Crippen LogP contribution >= 0.6 is 15.9 Å². The first kappa shape index (κ1) is 14.2. The van der Waals surface area contributed by atoms with Gasteiger partial charge in [0.05, 0.1) is 12.2 Å². The SMILES string of the molecule is Cc1cc(Br)cc(C=O)c1OCCCCCO. The second-order valence-corrected chi connectivity index (χ2v) is 4.81. The summed E-state index contributed by atoms with van der Waals surface area (Å²) in [5, 5.41) is 8.65. The van der Waals surface area contributed by atoms with Crippen molar-refractivity contribution < 1.29 is 14.6 Å². The van der Waals surface area contributed by atoms with Gasteiger partial charge in [0.25, 0.3) is 0 Å². The zero-order valence-electron chi connectivity index (χ0n) is 9.91. The van der Waals surface area contributed by atoms with Crippen LogP contribution in [0.1, 0.15) is 35.2 Å². The molecule has 0 saturated heterocycles. The fourth-order valence-electron chi connectivity index (χ4n) is 1.61. The van der Waals surface area contributed by atoms with Crippen LogP contribution in [0, 0.1) is 6.92 Å². The van der Waals surface area contributed by atoms with Gasteiger partial charge in [0.1, 0.15) is 5.75 Å². The monoisotopic (exact) mass is 300 g/mol. The number of aliphatic hydroxyl groups is 1. The molecular weight excluding hydrogens is 284 g/mol. The van der Waals surface area contributed by atoms with Crippen LogP contribution in [-0.2, 0) is 0 Å². The number of hydrogen-bond donors (Lipinski definition) is 1. The van der Waals surface area contributed by atoms with Crippen LogP contribution < -0.4 is 4.74 Å². The van der Waals surface area contributed by atoms with Crippen LogP contribution in [0.25, 0.3) is 0 Å². The number of ether oxygens (including phenoxy) is 1. The first-order chi connectivity index (χ1) is 8.19. The van der Waals surface area contributed by atoms with Gasteiger partial charge in [-0.25, -0.2) is 0 Å². The quantitative estimate of drug-likeness (QED) is 0.622. The summed E-state index contributed by atoms with van der Waals surface area (Å²) in [7, 11) is 0. The molecule has 0 unspecified atom stereocenters. The lowest BCUT2D eigenvalue weighted by molar-refractivity contribution is 0.111. The van der Waals surface area contributed by atoms with Gasteiger partial charge in [-0.05, 0) is 43.9 Å². The minimum absolute atomic E-state index is 0.219. The summed E-state index contributed by atoms with van der Waals surface area (Å²) in [6.07, 6.45) is 3.42. The molecule has 0 amide bonds. The van der Waals surface area contributed by atoms with E-state index in [9.17, 15) is 4.79 Å². The Bertz CT molecular complexity index is 377. The highest BCUT2D eigenvalue weighted by Gasteiger charge is 2.08. The molecule has 0 aliphatic rings. The van der Waals surface area contributed by atoms with E-state index in [0.717, 1.165) is 35.6 Å². The van der Waals surface area contributed by atoms with Gasteiger partial charge in [-0.15, -0.1) is 0 Å². The van der Waals surface area contributed by atoms with E-state index in [1.807, 2.05) is 13.0 Å². The Balaban J connectivity index is 2.60. The molecule has 94 valence electrons. The van der Waals surface area contributed by atoms with Crippen molar-refractivity contribution in [3.8, 4) is 5.75 Å². The zero-order valence-corrected chi connectivity index (χ0v) is 11.5. The third-order valence-electron chi connectivity index (χ3n) is 2.44. The first-order valence-corrected chi connectivity index (χ1v) is 6.47. The zero-order chi connectivity index (χ0) is 12.7. The molecule has 1 aromatic carbocycles. The number of carbonyl (C=O) groups excluding carboxylic acids is 1. The topological polar surface area (TPSA) is 46.5 Å². The van der Waals surface area contributed by atoms with Crippen molar-refractivity contribution in [2.45, 2.75) is 26.2 Å². The van der Waals surface area contributed by atoms with Crippen molar-refractivity contribution in [2.24, 2.45) is 0 Å². The molecule has 0 aliphatic heterocycles. The number of halogens is 1. The Morgan fingerprint density at radius 3 is 2.76 bits per heavy atom. The molecular formula is C13H17BrO3.